The lowest BCUT2D eigenvalue weighted by Gasteiger charge is -2.22. The molecule has 0 bridgehead atoms. The van der Waals surface area contributed by atoms with Gasteiger partial charge in [0.15, 0.2) is 0 Å². The number of nitrogens with two attached hydrogens (primary N) is 1. The number of esters is 2. The van der Waals surface area contributed by atoms with Crippen molar-refractivity contribution in [2.75, 3.05) is 6.61 Å². The third-order valence-corrected chi connectivity index (χ3v) is 2.42. The van der Waals surface area contributed by atoms with E-state index in [1.54, 1.807) is 0 Å². The van der Waals surface area contributed by atoms with Gasteiger partial charge in [0, 0.05) is 6.92 Å². The third kappa shape index (κ3) is 4.95. The van der Waals surface area contributed by atoms with Crippen LogP contribution in [0.5, 0.6) is 5.75 Å². The SMILES string of the molecule is CCOC(=O)C(F)(F)[C@H](N)c1cccc(OC(C)=O)c1.Cl. The van der Waals surface area contributed by atoms with Crippen molar-refractivity contribution in [1.29, 1.82) is 0 Å². The highest BCUT2D eigenvalue weighted by Crippen LogP contribution is 2.32. The summed E-state index contributed by atoms with van der Waals surface area (Å²) in [6.45, 7) is 2.43. The van der Waals surface area contributed by atoms with Crippen molar-refractivity contribution in [2.24, 2.45) is 5.73 Å². The number of rotatable bonds is 5. The molecule has 0 fully saturated rings. The topological polar surface area (TPSA) is 78.6 Å². The van der Waals surface area contributed by atoms with Gasteiger partial charge in [-0.2, -0.15) is 8.78 Å². The van der Waals surface area contributed by atoms with Crippen molar-refractivity contribution in [2.45, 2.75) is 25.8 Å². The van der Waals surface area contributed by atoms with Crippen molar-refractivity contribution >= 4 is 24.3 Å². The standard InChI is InChI=1S/C13H15F2NO4.ClH/c1-3-19-12(18)13(14,15)11(16)9-5-4-6-10(7-9)20-8(2)17;/h4-7,11H,3,16H2,1-2H3;1H/t11-;/m1./s1. The summed E-state index contributed by atoms with van der Waals surface area (Å²) in [6.07, 6.45) is 0. The minimum atomic E-state index is -3.87. The number of carbonyl (C=O) groups is 2. The summed E-state index contributed by atoms with van der Waals surface area (Å²) in [5.74, 6) is -6.08. The molecule has 0 aliphatic carbocycles. The summed E-state index contributed by atoms with van der Waals surface area (Å²) < 4.78 is 36.6. The Morgan fingerprint density at radius 3 is 2.52 bits per heavy atom. The van der Waals surface area contributed by atoms with Crippen LogP contribution in [0.1, 0.15) is 25.5 Å². The molecule has 8 heteroatoms. The lowest BCUT2D eigenvalue weighted by atomic mass is 10.0. The van der Waals surface area contributed by atoms with E-state index in [1.165, 1.54) is 38.1 Å². The molecule has 0 saturated heterocycles. The van der Waals surface area contributed by atoms with Crippen LogP contribution in [0.2, 0.25) is 0 Å². The van der Waals surface area contributed by atoms with Gasteiger partial charge in [0.05, 0.1) is 6.61 Å². The average Bonchev–Trinajstić information content (AvgIpc) is 2.37. The first kappa shape index (κ1) is 19.3. The van der Waals surface area contributed by atoms with Crippen molar-refractivity contribution in [3.63, 3.8) is 0 Å². The summed E-state index contributed by atoms with van der Waals surface area (Å²) in [5, 5.41) is 0. The normalized spacial score (nSPS) is 12.0. The largest absolute Gasteiger partial charge is 0.462 e. The van der Waals surface area contributed by atoms with E-state index in [9.17, 15) is 18.4 Å². The zero-order valence-corrected chi connectivity index (χ0v) is 12.3. The van der Waals surface area contributed by atoms with Crippen LogP contribution < -0.4 is 10.5 Å². The van der Waals surface area contributed by atoms with Gasteiger partial charge in [0.2, 0.25) is 0 Å². The summed E-state index contributed by atoms with van der Waals surface area (Å²) in [7, 11) is 0. The first-order chi connectivity index (χ1) is 9.28. The minimum absolute atomic E-state index is 0. The number of benzene rings is 1. The number of ether oxygens (including phenoxy) is 2. The predicted molar refractivity (Wildman–Crippen MR) is 73.5 cm³/mol. The number of halogens is 3. The molecule has 1 aromatic rings. The maximum Gasteiger partial charge on any atom is 0.379 e. The van der Waals surface area contributed by atoms with E-state index in [0.717, 1.165) is 0 Å². The lowest BCUT2D eigenvalue weighted by Crippen LogP contribution is -2.41. The van der Waals surface area contributed by atoms with Gasteiger partial charge < -0.3 is 15.2 Å². The van der Waals surface area contributed by atoms with E-state index in [1.807, 2.05) is 0 Å². The zero-order valence-electron chi connectivity index (χ0n) is 11.5. The van der Waals surface area contributed by atoms with Crippen LogP contribution in [0.15, 0.2) is 24.3 Å². The fourth-order valence-corrected chi connectivity index (χ4v) is 1.50. The molecular weight excluding hydrogens is 308 g/mol. The average molecular weight is 324 g/mol. The Morgan fingerprint density at radius 2 is 2.00 bits per heavy atom. The second kappa shape index (κ2) is 7.90. The Kier molecular flexibility index (Phi) is 7.25. The molecule has 0 amide bonds. The third-order valence-electron chi connectivity index (χ3n) is 2.42. The quantitative estimate of drug-likeness (QED) is 0.664. The summed E-state index contributed by atoms with van der Waals surface area (Å²) in [5.41, 5.74) is 5.37. The number of hydrogen-bond donors (Lipinski definition) is 1. The summed E-state index contributed by atoms with van der Waals surface area (Å²) >= 11 is 0. The van der Waals surface area contributed by atoms with Crippen LogP contribution in [-0.4, -0.2) is 24.5 Å². The minimum Gasteiger partial charge on any atom is -0.462 e. The van der Waals surface area contributed by atoms with Crippen molar-refractivity contribution < 1.29 is 27.8 Å². The molecular formula is C13H16ClF2NO4. The lowest BCUT2D eigenvalue weighted by molar-refractivity contribution is -0.174. The number of hydrogen-bond acceptors (Lipinski definition) is 5. The monoisotopic (exact) mass is 323 g/mol. The Bertz CT molecular complexity index is 511. The highest BCUT2D eigenvalue weighted by molar-refractivity contribution is 5.85. The fourth-order valence-electron chi connectivity index (χ4n) is 1.50. The van der Waals surface area contributed by atoms with Crippen LogP contribution in [-0.2, 0) is 14.3 Å². The Labute approximate surface area is 126 Å². The Hall–Kier alpha value is -1.73. The molecule has 5 nitrogen and oxygen atoms in total. The molecule has 1 rings (SSSR count). The molecule has 0 aliphatic heterocycles. The van der Waals surface area contributed by atoms with E-state index < -0.39 is 23.9 Å². The van der Waals surface area contributed by atoms with E-state index in [0.29, 0.717) is 0 Å². The van der Waals surface area contributed by atoms with E-state index in [2.05, 4.69) is 4.74 Å². The van der Waals surface area contributed by atoms with E-state index >= 15 is 0 Å². The van der Waals surface area contributed by atoms with Crippen molar-refractivity contribution in [3.8, 4) is 5.75 Å². The highest BCUT2D eigenvalue weighted by atomic mass is 35.5. The molecule has 118 valence electrons. The summed E-state index contributed by atoms with van der Waals surface area (Å²) in [4.78, 5) is 22.0. The molecule has 21 heavy (non-hydrogen) atoms. The first-order valence-corrected chi connectivity index (χ1v) is 5.88. The van der Waals surface area contributed by atoms with Gasteiger partial charge >= 0.3 is 17.9 Å². The molecule has 0 aromatic heterocycles. The molecule has 0 unspecified atom stereocenters. The zero-order chi connectivity index (χ0) is 15.3. The van der Waals surface area contributed by atoms with E-state index in [4.69, 9.17) is 10.5 Å². The van der Waals surface area contributed by atoms with Gasteiger partial charge in [-0.25, -0.2) is 4.79 Å². The second-order valence-corrected chi connectivity index (χ2v) is 3.99. The van der Waals surface area contributed by atoms with Gasteiger partial charge in [-0.1, -0.05) is 12.1 Å². The predicted octanol–water partition coefficient (Wildman–Crippen LogP) is 2.23. The summed E-state index contributed by atoms with van der Waals surface area (Å²) in [6, 6.07) is 3.41. The van der Waals surface area contributed by atoms with Crippen molar-refractivity contribution in [3.05, 3.63) is 29.8 Å². The maximum atomic E-state index is 13.8. The molecule has 2 N–H and O–H groups in total. The van der Waals surface area contributed by atoms with Crippen LogP contribution >= 0.6 is 12.4 Å². The van der Waals surface area contributed by atoms with Gasteiger partial charge in [-0.3, -0.25) is 4.79 Å². The molecule has 1 atom stereocenters. The van der Waals surface area contributed by atoms with Crippen LogP contribution in [0.25, 0.3) is 0 Å². The van der Waals surface area contributed by atoms with Gasteiger partial charge in [0.25, 0.3) is 0 Å². The van der Waals surface area contributed by atoms with Crippen molar-refractivity contribution in [1.82, 2.24) is 0 Å². The Balaban J connectivity index is 0.00000400. The van der Waals surface area contributed by atoms with Gasteiger partial charge in [0.1, 0.15) is 11.8 Å². The molecule has 0 aliphatic rings. The molecule has 1 aromatic carbocycles. The Morgan fingerprint density at radius 1 is 1.38 bits per heavy atom. The van der Waals surface area contributed by atoms with Gasteiger partial charge in [-0.15, -0.1) is 12.4 Å². The van der Waals surface area contributed by atoms with E-state index in [-0.39, 0.29) is 30.3 Å². The van der Waals surface area contributed by atoms with Crippen LogP contribution in [0, 0.1) is 0 Å². The van der Waals surface area contributed by atoms with Crippen LogP contribution in [0.3, 0.4) is 0 Å². The highest BCUT2D eigenvalue weighted by Gasteiger charge is 2.47. The number of carbonyl (C=O) groups excluding carboxylic acids is 2. The first-order valence-electron chi connectivity index (χ1n) is 5.88. The van der Waals surface area contributed by atoms with Crippen LogP contribution in [0.4, 0.5) is 8.78 Å². The second-order valence-electron chi connectivity index (χ2n) is 3.99. The molecule has 0 spiro atoms. The molecule has 0 radical (unpaired) electrons. The number of alkyl halides is 2. The fraction of sp³-hybridized carbons (Fsp3) is 0.385. The van der Waals surface area contributed by atoms with Gasteiger partial charge in [-0.05, 0) is 24.6 Å². The maximum absolute atomic E-state index is 13.8. The smallest absolute Gasteiger partial charge is 0.379 e. The molecule has 0 saturated carbocycles. The molecule has 0 heterocycles.